The molecular formula is C32H27N5O5S2. The van der Waals surface area contributed by atoms with Gasteiger partial charge in [0.1, 0.15) is 5.58 Å². The summed E-state index contributed by atoms with van der Waals surface area (Å²) in [6, 6.07) is 16.3. The number of benzene rings is 2. The van der Waals surface area contributed by atoms with Crippen molar-refractivity contribution < 1.29 is 18.7 Å². The summed E-state index contributed by atoms with van der Waals surface area (Å²) >= 11 is 2.70. The molecule has 1 N–H and O–H groups in total. The number of piperidine rings is 1. The number of carbonyl (C=O) groups excluding carboxylic acids is 1. The Bertz CT molecular complexity index is 2080. The second kappa shape index (κ2) is 11.7. The zero-order valence-corrected chi connectivity index (χ0v) is 25.6. The zero-order chi connectivity index (χ0) is 30.2. The van der Waals surface area contributed by atoms with Crippen molar-refractivity contribution in [2.45, 2.75) is 19.3 Å². The summed E-state index contributed by atoms with van der Waals surface area (Å²) < 4.78 is 17.1. The Morgan fingerprint density at radius 1 is 0.932 bits per heavy atom. The van der Waals surface area contributed by atoms with Gasteiger partial charge in [-0.1, -0.05) is 29.5 Å². The monoisotopic (exact) mass is 625 g/mol. The molecule has 1 aliphatic rings. The van der Waals surface area contributed by atoms with Crippen molar-refractivity contribution in [3.63, 3.8) is 0 Å². The summed E-state index contributed by atoms with van der Waals surface area (Å²) in [5.41, 5.74) is 3.04. The number of hydrogen-bond donors (Lipinski definition) is 1. The highest BCUT2D eigenvalue weighted by Crippen LogP contribution is 2.37. The van der Waals surface area contributed by atoms with E-state index in [4.69, 9.17) is 23.9 Å². The van der Waals surface area contributed by atoms with Crippen LogP contribution in [0.1, 0.15) is 29.6 Å². The largest absolute Gasteiger partial charge is 0.493 e. The van der Waals surface area contributed by atoms with Gasteiger partial charge in [0.2, 0.25) is 0 Å². The molecule has 5 heterocycles. The molecule has 1 fully saturated rings. The first kappa shape index (κ1) is 28.0. The number of fused-ring (bicyclic) bond motifs is 2. The number of methoxy groups -OCH3 is 2. The van der Waals surface area contributed by atoms with Crippen LogP contribution in [0.15, 0.2) is 69.2 Å². The lowest BCUT2D eigenvalue weighted by molar-refractivity contribution is 0.102. The Balaban J connectivity index is 1.26. The van der Waals surface area contributed by atoms with Crippen LogP contribution in [0, 0.1) is 0 Å². The third-order valence-electron chi connectivity index (χ3n) is 7.54. The van der Waals surface area contributed by atoms with E-state index in [-0.39, 0.29) is 5.91 Å². The Morgan fingerprint density at radius 2 is 1.75 bits per heavy atom. The van der Waals surface area contributed by atoms with Gasteiger partial charge in [-0.25, -0.2) is 14.8 Å². The lowest BCUT2D eigenvalue weighted by Crippen LogP contribution is -2.29. The van der Waals surface area contributed by atoms with E-state index in [9.17, 15) is 9.59 Å². The number of para-hydroxylation sites is 1. The van der Waals surface area contributed by atoms with Crippen molar-refractivity contribution in [1.82, 2.24) is 15.0 Å². The molecule has 1 aliphatic heterocycles. The summed E-state index contributed by atoms with van der Waals surface area (Å²) in [5.74, 6) is 0.800. The molecule has 0 aliphatic carbocycles. The maximum absolute atomic E-state index is 13.9. The number of hydrogen-bond acceptors (Lipinski definition) is 11. The number of amides is 1. The van der Waals surface area contributed by atoms with Crippen molar-refractivity contribution in [3.8, 4) is 34.0 Å². The molecule has 0 radical (unpaired) electrons. The highest BCUT2D eigenvalue weighted by Gasteiger charge is 2.23. The average molecular weight is 626 g/mol. The fourth-order valence-electron chi connectivity index (χ4n) is 5.29. The van der Waals surface area contributed by atoms with Gasteiger partial charge < -0.3 is 18.8 Å². The van der Waals surface area contributed by atoms with Crippen LogP contribution in [0.25, 0.3) is 43.8 Å². The molecule has 12 heteroatoms. The molecule has 6 aromatic rings. The maximum atomic E-state index is 13.9. The molecule has 1 saturated heterocycles. The number of thiazole rings is 2. The van der Waals surface area contributed by atoms with E-state index in [1.807, 2.05) is 30.3 Å². The van der Waals surface area contributed by atoms with Crippen molar-refractivity contribution in [3.05, 3.63) is 76.0 Å². The molecule has 7 rings (SSSR count). The van der Waals surface area contributed by atoms with Crippen LogP contribution in [-0.2, 0) is 0 Å². The minimum absolute atomic E-state index is 0.330. The number of pyridine rings is 1. The summed E-state index contributed by atoms with van der Waals surface area (Å²) in [6.45, 7) is 1.85. The van der Waals surface area contributed by atoms with Crippen LogP contribution in [0.2, 0.25) is 0 Å². The predicted molar refractivity (Wildman–Crippen MR) is 174 cm³/mol. The fourth-order valence-corrected chi connectivity index (χ4v) is 7.07. The highest BCUT2D eigenvalue weighted by molar-refractivity contribution is 7.22. The van der Waals surface area contributed by atoms with Crippen molar-refractivity contribution in [1.29, 1.82) is 0 Å². The van der Waals surface area contributed by atoms with E-state index in [1.165, 1.54) is 29.1 Å². The first-order valence-electron chi connectivity index (χ1n) is 14.1. The number of nitrogens with one attached hydrogen (secondary N) is 1. The first-order valence-corrected chi connectivity index (χ1v) is 15.8. The van der Waals surface area contributed by atoms with E-state index >= 15 is 0 Å². The van der Waals surface area contributed by atoms with Gasteiger partial charge in [-0.15, -0.1) is 11.3 Å². The van der Waals surface area contributed by atoms with Crippen LogP contribution in [-0.4, -0.2) is 48.2 Å². The van der Waals surface area contributed by atoms with Crippen molar-refractivity contribution >= 4 is 60.2 Å². The van der Waals surface area contributed by atoms with Gasteiger partial charge in [0, 0.05) is 29.4 Å². The number of anilines is 2. The second-order valence-corrected chi connectivity index (χ2v) is 12.1. The summed E-state index contributed by atoms with van der Waals surface area (Å²) in [4.78, 5) is 43.1. The smallest absolute Gasteiger partial charge is 0.345 e. The highest BCUT2D eigenvalue weighted by atomic mass is 32.1. The van der Waals surface area contributed by atoms with Gasteiger partial charge in [-0.05, 0) is 55.7 Å². The molecule has 222 valence electrons. The van der Waals surface area contributed by atoms with Gasteiger partial charge in [-0.2, -0.15) is 4.98 Å². The molecular weight excluding hydrogens is 599 g/mol. The van der Waals surface area contributed by atoms with Gasteiger partial charge in [0.15, 0.2) is 27.4 Å². The third kappa shape index (κ3) is 5.26. The number of carbonyl (C=O) groups is 1. The number of nitrogens with zero attached hydrogens (tertiary/aromatic N) is 4. The molecule has 0 spiro atoms. The molecule has 2 aromatic carbocycles. The van der Waals surface area contributed by atoms with Crippen LogP contribution >= 0.6 is 22.7 Å². The third-order valence-corrected chi connectivity index (χ3v) is 9.44. The standard InChI is InChI=1S/C32H27N5O5S2/c1-40-25-11-10-18(15-26(25)41-2)22-16-21(27-28(33-22)35-32(44-27)37-12-6-3-7-13-37)29(38)36-31-34-23(17-43-31)20-14-19-8-4-5-9-24(19)42-30(20)39/h4-5,8-11,14-17H,3,6-7,12-13H2,1-2H3,(H,34,36,38). The average Bonchev–Trinajstić information content (AvgIpc) is 3.71. The normalized spacial score (nSPS) is 13.4. The first-order chi connectivity index (χ1) is 21.5. The van der Waals surface area contributed by atoms with Gasteiger partial charge >= 0.3 is 5.63 Å². The predicted octanol–water partition coefficient (Wildman–Crippen LogP) is 6.85. The minimum atomic E-state index is -0.489. The Kier molecular flexibility index (Phi) is 7.44. The topological polar surface area (TPSA) is 120 Å². The maximum Gasteiger partial charge on any atom is 0.345 e. The summed E-state index contributed by atoms with van der Waals surface area (Å²) in [5, 5.41) is 6.66. The van der Waals surface area contributed by atoms with Gasteiger partial charge in [0.25, 0.3) is 5.91 Å². The van der Waals surface area contributed by atoms with Crippen molar-refractivity contribution in [2.75, 3.05) is 37.5 Å². The molecule has 0 saturated carbocycles. The zero-order valence-electron chi connectivity index (χ0n) is 24.0. The van der Waals surface area contributed by atoms with E-state index in [0.717, 1.165) is 42.0 Å². The lowest BCUT2D eigenvalue weighted by atomic mass is 10.1. The number of aromatic nitrogens is 3. The van der Waals surface area contributed by atoms with E-state index in [0.29, 0.717) is 55.1 Å². The summed E-state index contributed by atoms with van der Waals surface area (Å²) in [6.07, 6.45) is 3.42. The summed E-state index contributed by atoms with van der Waals surface area (Å²) in [7, 11) is 3.16. The fraction of sp³-hybridized carbons (Fsp3) is 0.219. The molecule has 0 bridgehead atoms. The molecule has 44 heavy (non-hydrogen) atoms. The Morgan fingerprint density at radius 3 is 2.57 bits per heavy atom. The quantitative estimate of drug-likeness (QED) is 0.190. The lowest BCUT2D eigenvalue weighted by Gasteiger charge is -2.25. The Labute approximate surface area is 259 Å². The van der Waals surface area contributed by atoms with Gasteiger partial charge in [0.05, 0.1) is 41.4 Å². The van der Waals surface area contributed by atoms with E-state index in [1.54, 1.807) is 43.9 Å². The molecule has 0 unspecified atom stereocenters. The van der Waals surface area contributed by atoms with Gasteiger partial charge in [-0.3, -0.25) is 10.1 Å². The van der Waals surface area contributed by atoms with E-state index < -0.39 is 5.63 Å². The molecule has 4 aromatic heterocycles. The van der Waals surface area contributed by atoms with Crippen LogP contribution in [0.4, 0.5) is 10.3 Å². The Hall–Kier alpha value is -4.81. The van der Waals surface area contributed by atoms with Crippen LogP contribution in [0.5, 0.6) is 11.5 Å². The van der Waals surface area contributed by atoms with Crippen LogP contribution < -0.4 is 25.3 Å². The minimum Gasteiger partial charge on any atom is -0.493 e. The van der Waals surface area contributed by atoms with E-state index in [2.05, 4.69) is 15.2 Å². The number of rotatable bonds is 7. The number of ether oxygens (including phenoxy) is 2. The van der Waals surface area contributed by atoms with Crippen molar-refractivity contribution in [2.24, 2.45) is 0 Å². The SMILES string of the molecule is COc1ccc(-c2cc(C(=O)Nc3nc(-c4cc5ccccc5oc4=O)cs3)c3sc(N4CCCCC4)nc3n2)cc1OC. The second-order valence-electron chi connectivity index (χ2n) is 10.3. The van der Waals surface area contributed by atoms with Crippen LogP contribution in [0.3, 0.4) is 0 Å². The molecule has 10 nitrogen and oxygen atoms in total. The molecule has 0 atom stereocenters. The molecule has 1 amide bonds.